The Morgan fingerprint density at radius 2 is 1.85 bits per heavy atom. The second-order valence-electron chi connectivity index (χ2n) is 3.29. The molecule has 0 aliphatic rings. The van der Waals surface area contributed by atoms with E-state index in [-0.39, 0.29) is 18.4 Å². The van der Waals surface area contributed by atoms with Crippen LogP contribution in [0.15, 0.2) is 0 Å². The molecule has 0 unspecified atom stereocenters. The SMILES string of the molecule is CCCC(CCC)C(=O)NCCO. The Hall–Kier alpha value is -0.570. The predicted molar refractivity (Wildman–Crippen MR) is 53.4 cm³/mol. The number of nitrogens with one attached hydrogen (secondary N) is 1. The van der Waals surface area contributed by atoms with Crippen LogP contribution in [0.1, 0.15) is 39.5 Å². The second kappa shape index (κ2) is 8.05. The Bertz CT molecular complexity index is 131. The maximum Gasteiger partial charge on any atom is 0.223 e. The van der Waals surface area contributed by atoms with Crippen LogP contribution >= 0.6 is 0 Å². The summed E-state index contributed by atoms with van der Waals surface area (Å²) in [5.74, 6) is 0.235. The smallest absolute Gasteiger partial charge is 0.223 e. The zero-order valence-corrected chi connectivity index (χ0v) is 8.68. The molecule has 0 saturated carbocycles. The van der Waals surface area contributed by atoms with Crippen LogP contribution in [0.25, 0.3) is 0 Å². The van der Waals surface area contributed by atoms with Gasteiger partial charge in [-0.05, 0) is 12.8 Å². The first-order valence-electron chi connectivity index (χ1n) is 5.14. The van der Waals surface area contributed by atoms with Crippen molar-refractivity contribution >= 4 is 5.91 Å². The summed E-state index contributed by atoms with van der Waals surface area (Å²) in [4.78, 5) is 11.5. The predicted octanol–water partition coefficient (Wildman–Crippen LogP) is 1.31. The normalized spacial score (nSPS) is 10.5. The van der Waals surface area contributed by atoms with Crippen LogP contribution < -0.4 is 5.32 Å². The maximum atomic E-state index is 11.5. The summed E-state index contributed by atoms with van der Waals surface area (Å²) in [6, 6.07) is 0. The lowest BCUT2D eigenvalue weighted by Crippen LogP contribution is -2.32. The standard InChI is InChI=1S/C10H21NO2/c1-3-5-9(6-4-2)10(13)11-7-8-12/h9,12H,3-8H2,1-2H3,(H,11,13). The van der Waals surface area contributed by atoms with E-state index in [1.807, 2.05) is 0 Å². The molecule has 0 aliphatic carbocycles. The fourth-order valence-corrected chi connectivity index (χ4v) is 1.43. The maximum absolute atomic E-state index is 11.5. The molecule has 3 heteroatoms. The van der Waals surface area contributed by atoms with E-state index in [0.717, 1.165) is 25.7 Å². The second-order valence-corrected chi connectivity index (χ2v) is 3.29. The first kappa shape index (κ1) is 12.4. The molecule has 0 aromatic heterocycles. The number of rotatable bonds is 7. The van der Waals surface area contributed by atoms with E-state index in [0.29, 0.717) is 6.54 Å². The van der Waals surface area contributed by atoms with Crippen LogP contribution in [0.4, 0.5) is 0 Å². The molecule has 2 N–H and O–H groups in total. The van der Waals surface area contributed by atoms with Gasteiger partial charge in [-0.15, -0.1) is 0 Å². The van der Waals surface area contributed by atoms with Crippen LogP contribution in [0, 0.1) is 5.92 Å². The van der Waals surface area contributed by atoms with Gasteiger partial charge < -0.3 is 10.4 Å². The van der Waals surface area contributed by atoms with Crippen molar-refractivity contribution in [2.75, 3.05) is 13.2 Å². The summed E-state index contributed by atoms with van der Waals surface area (Å²) in [6.45, 7) is 4.57. The van der Waals surface area contributed by atoms with Crippen molar-refractivity contribution in [3.8, 4) is 0 Å². The summed E-state index contributed by atoms with van der Waals surface area (Å²) >= 11 is 0. The van der Waals surface area contributed by atoms with Gasteiger partial charge >= 0.3 is 0 Å². The van der Waals surface area contributed by atoms with Crippen molar-refractivity contribution in [3.05, 3.63) is 0 Å². The van der Waals surface area contributed by atoms with Gasteiger partial charge in [0.05, 0.1) is 6.61 Å². The molecule has 0 aromatic rings. The summed E-state index contributed by atoms with van der Waals surface area (Å²) in [5, 5.41) is 11.3. The number of hydrogen-bond donors (Lipinski definition) is 2. The van der Waals surface area contributed by atoms with Gasteiger partial charge in [0.25, 0.3) is 0 Å². The Morgan fingerprint density at radius 1 is 1.31 bits per heavy atom. The van der Waals surface area contributed by atoms with E-state index in [2.05, 4.69) is 19.2 Å². The first-order valence-corrected chi connectivity index (χ1v) is 5.14. The van der Waals surface area contributed by atoms with Gasteiger partial charge in [0.15, 0.2) is 0 Å². The Labute approximate surface area is 80.5 Å². The molecule has 0 saturated heterocycles. The van der Waals surface area contributed by atoms with E-state index in [1.165, 1.54) is 0 Å². The molecule has 0 bridgehead atoms. The van der Waals surface area contributed by atoms with E-state index in [1.54, 1.807) is 0 Å². The molecule has 0 spiro atoms. The highest BCUT2D eigenvalue weighted by atomic mass is 16.3. The third kappa shape index (κ3) is 5.64. The molecule has 0 atom stereocenters. The number of hydrogen-bond acceptors (Lipinski definition) is 2. The minimum atomic E-state index is 0.0245. The molecule has 78 valence electrons. The van der Waals surface area contributed by atoms with Crippen molar-refractivity contribution in [2.24, 2.45) is 5.92 Å². The lowest BCUT2D eigenvalue weighted by molar-refractivity contribution is -0.125. The van der Waals surface area contributed by atoms with Gasteiger partial charge in [-0.2, -0.15) is 0 Å². The van der Waals surface area contributed by atoms with Crippen LogP contribution in [-0.2, 0) is 4.79 Å². The molecule has 0 aromatic carbocycles. The zero-order chi connectivity index (χ0) is 10.1. The van der Waals surface area contributed by atoms with Crippen molar-refractivity contribution in [1.82, 2.24) is 5.32 Å². The first-order chi connectivity index (χ1) is 6.26. The fourth-order valence-electron chi connectivity index (χ4n) is 1.43. The summed E-state index contributed by atoms with van der Waals surface area (Å²) in [6.07, 6.45) is 3.98. The Morgan fingerprint density at radius 3 is 2.23 bits per heavy atom. The third-order valence-electron chi connectivity index (χ3n) is 2.06. The largest absolute Gasteiger partial charge is 0.395 e. The minimum absolute atomic E-state index is 0.0245. The average Bonchev–Trinajstić information content (AvgIpc) is 2.14. The summed E-state index contributed by atoms with van der Waals surface area (Å²) in [5.41, 5.74) is 0. The molecule has 0 radical (unpaired) electrons. The molecule has 1 amide bonds. The number of carbonyl (C=O) groups excluding carboxylic acids is 1. The lowest BCUT2D eigenvalue weighted by atomic mass is 9.97. The van der Waals surface area contributed by atoms with E-state index in [9.17, 15) is 4.79 Å². The Balaban J connectivity index is 3.80. The van der Waals surface area contributed by atoms with Crippen molar-refractivity contribution in [1.29, 1.82) is 0 Å². The molecule has 0 rings (SSSR count). The lowest BCUT2D eigenvalue weighted by Gasteiger charge is -2.14. The van der Waals surface area contributed by atoms with Crippen molar-refractivity contribution < 1.29 is 9.90 Å². The molecular weight excluding hydrogens is 166 g/mol. The number of aliphatic hydroxyl groups is 1. The van der Waals surface area contributed by atoms with Crippen LogP contribution in [-0.4, -0.2) is 24.2 Å². The van der Waals surface area contributed by atoms with Gasteiger partial charge in [-0.1, -0.05) is 26.7 Å². The highest BCUT2D eigenvalue weighted by Crippen LogP contribution is 2.13. The minimum Gasteiger partial charge on any atom is -0.395 e. The van der Waals surface area contributed by atoms with Crippen LogP contribution in [0.3, 0.4) is 0 Å². The quantitative estimate of drug-likeness (QED) is 0.631. The van der Waals surface area contributed by atoms with Gasteiger partial charge in [0, 0.05) is 12.5 Å². The van der Waals surface area contributed by atoms with E-state index < -0.39 is 0 Å². The molecule has 0 aliphatic heterocycles. The van der Waals surface area contributed by atoms with Gasteiger partial charge in [0.1, 0.15) is 0 Å². The Kier molecular flexibility index (Phi) is 7.69. The van der Waals surface area contributed by atoms with Gasteiger partial charge in [-0.25, -0.2) is 0 Å². The molecule has 0 fully saturated rings. The van der Waals surface area contributed by atoms with Gasteiger partial charge in [0.2, 0.25) is 5.91 Å². The van der Waals surface area contributed by atoms with Crippen LogP contribution in [0.5, 0.6) is 0 Å². The summed E-state index contributed by atoms with van der Waals surface area (Å²) < 4.78 is 0. The average molecular weight is 187 g/mol. The molecule has 13 heavy (non-hydrogen) atoms. The number of amides is 1. The molecule has 3 nitrogen and oxygen atoms in total. The number of aliphatic hydroxyl groups excluding tert-OH is 1. The highest BCUT2D eigenvalue weighted by molar-refractivity contribution is 5.78. The van der Waals surface area contributed by atoms with Crippen molar-refractivity contribution in [3.63, 3.8) is 0 Å². The van der Waals surface area contributed by atoms with Crippen molar-refractivity contribution in [2.45, 2.75) is 39.5 Å². The van der Waals surface area contributed by atoms with E-state index in [4.69, 9.17) is 5.11 Å². The molecule has 0 heterocycles. The van der Waals surface area contributed by atoms with Crippen LogP contribution in [0.2, 0.25) is 0 Å². The van der Waals surface area contributed by atoms with Gasteiger partial charge in [-0.3, -0.25) is 4.79 Å². The highest BCUT2D eigenvalue weighted by Gasteiger charge is 2.15. The monoisotopic (exact) mass is 187 g/mol. The number of carbonyl (C=O) groups is 1. The topological polar surface area (TPSA) is 49.3 Å². The summed E-state index contributed by atoms with van der Waals surface area (Å²) in [7, 11) is 0. The zero-order valence-electron chi connectivity index (χ0n) is 8.68. The van der Waals surface area contributed by atoms with E-state index >= 15 is 0 Å². The molecular formula is C10H21NO2. The fraction of sp³-hybridized carbons (Fsp3) is 0.900. The third-order valence-corrected chi connectivity index (χ3v) is 2.06.